The first-order valence-corrected chi connectivity index (χ1v) is 3.37. The van der Waals surface area contributed by atoms with Crippen LogP contribution in [0.15, 0.2) is 6.20 Å². The van der Waals surface area contributed by atoms with E-state index < -0.39 is 17.7 Å². The Kier molecular flexibility index (Phi) is 2.50. The third-order valence-electron chi connectivity index (χ3n) is 1.50. The van der Waals surface area contributed by atoms with Crippen LogP contribution in [0.3, 0.4) is 0 Å². The molecule has 0 saturated carbocycles. The number of rotatable bonds is 2. The molecule has 0 amide bonds. The monoisotopic (exact) mass is 190 g/mol. The highest BCUT2D eigenvalue weighted by molar-refractivity contribution is 5.56. The molecule has 1 aromatic rings. The Bertz CT molecular complexity index is 318. The zero-order chi connectivity index (χ0) is 10.0. The molecule has 0 aliphatic heterocycles. The topological polar surface area (TPSA) is 68.4 Å². The van der Waals surface area contributed by atoms with E-state index in [1.54, 1.807) is 0 Å². The third-order valence-corrected chi connectivity index (χ3v) is 1.50. The van der Waals surface area contributed by atoms with Crippen molar-refractivity contribution in [3.8, 4) is 11.6 Å². The van der Waals surface area contributed by atoms with Crippen molar-refractivity contribution in [1.29, 1.82) is 0 Å². The third kappa shape index (κ3) is 1.61. The van der Waals surface area contributed by atoms with E-state index in [4.69, 9.17) is 5.73 Å². The van der Waals surface area contributed by atoms with Crippen LogP contribution in [0.1, 0.15) is 12.0 Å². The second kappa shape index (κ2) is 3.42. The number of methoxy groups -OCH3 is 1. The quantitative estimate of drug-likeness (QED) is 0.737. The first-order valence-electron chi connectivity index (χ1n) is 3.37. The highest BCUT2D eigenvalue weighted by Gasteiger charge is 2.20. The molecule has 4 nitrogen and oxygen atoms in total. The van der Waals surface area contributed by atoms with E-state index >= 15 is 0 Å². The Balaban J connectivity index is 3.30. The fourth-order valence-electron chi connectivity index (χ4n) is 0.889. The van der Waals surface area contributed by atoms with Crippen LogP contribution in [0.4, 0.5) is 14.5 Å². The molecule has 1 heterocycles. The minimum atomic E-state index is -2.85. The van der Waals surface area contributed by atoms with Crippen molar-refractivity contribution < 1.29 is 18.6 Å². The van der Waals surface area contributed by atoms with Gasteiger partial charge in [0.25, 0.3) is 12.3 Å². The maximum atomic E-state index is 12.3. The molecule has 1 aromatic heterocycles. The summed E-state index contributed by atoms with van der Waals surface area (Å²) in [5.41, 5.74) is 4.29. The lowest BCUT2D eigenvalue weighted by Crippen LogP contribution is -1.99. The summed E-state index contributed by atoms with van der Waals surface area (Å²) in [6, 6.07) is 0. The van der Waals surface area contributed by atoms with Gasteiger partial charge in [-0.25, -0.2) is 13.8 Å². The fraction of sp³-hybridized carbons (Fsp3) is 0.286. The summed E-state index contributed by atoms with van der Waals surface area (Å²) >= 11 is 0. The maximum Gasteiger partial charge on any atom is 0.269 e. The molecule has 0 saturated heterocycles. The van der Waals surface area contributed by atoms with Crippen LogP contribution in [0.5, 0.6) is 11.6 Å². The molecule has 0 spiro atoms. The molecule has 72 valence electrons. The molecule has 13 heavy (non-hydrogen) atoms. The molecule has 0 unspecified atom stereocenters. The van der Waals surface area contributed by atoms with Gasteiger partial charge in [0.1, 0.15) is 0 Å². The van der Waals surface area contributed by atoms with Crippen molar-refractivity contribution in [1.82, 2.24) is 4.98 Å². The van der Waals surface area contributed by atoms with Gasteiger partial charge < -0.3 is 15.6 Å². The van der Waals surface area contributed by atoms with Crippen LogP contribution >= 0.6 is 0 Å². The van der Waals surface area contributed by atoms with E-state index in [1.165, 1.54) is 7.11 Å². The van der Waals surface area contributed by atoms with Gasteiger partial charge in [0, 0.05) is 0 Å². The number of hydrogen-bond donors (Lipinski definition) is 2. The summed E-state index contributed by atoms with van der Waals surface area (Å²) in [5.74, 6) is -0.970. The van der Waals surface area contributed by atoms with E-state index in [9.17, 15) is 13.9 Å². The Labute approximate surface area is 73.0 Å². The number of nitrogens with zero attached hydrogens (tertiary/aromatic N) is 1. The number of aromatic nitrogens is 1. The van der Waals surface area contributed by atoms with E-state index in [2.05, 4.69) is 9.72 Å². The fourth-order valence-corrected chi connectivity index (χ4v) is 0.889. The number of nitrogen functional groups attached to an aromatic ring is 1. The highest BCUT2D eigenvalue weighted by atomic mass is 19.3. The van der Waals surface area contributed by atoms with Crippen LogP contribution in [-0.4, -0.2) is 17.2 Å². The molecule has 0 aliphatic rings. The normalized spacial score (nSPS) is 10.5. The average molecular weight is 190 g/mol. The van der Waals surface area contributed by atoms with Crippen molar-refractivity contribution in [3.63, 3.8) is 0 Å². The summed E-state index contributed by atoms with van der Waals surface area (Å²) < 4.78 is 29.1. The Morgan fingerprint density at radius 1 is 1.62 bits per heavy atom. The van der Waals surface area contributed by atoms with Gasteiger partial charge in [-0.05, 0) is 0 Å². The molecule has 3 N–H and O–H groups in total. The number of ether oxygens (including phenoxy) is 1. The lowest BCUT2D eigenvalue weighted by molar-refractivity contribution is 0.147. The molecule has 0 fully saturated rings. The van der Waals surface area contributed by atoms with Gasteiger partial charge in [-0.2, -0.15) is 0 Å². The standard InChI is InChI=1S/C7H8F2N2O2/c1-13-7-5(12)4(6(8)9)3(10)2-11-7/h2,6,12H,10H2,1H3. The van der Waals surface area contributed by atoms with E-state index in [0.29, 0.717) is 0 Å². The van der Waals surface area contributed by atoms with Gasteiger partial charge in [-0.15, -0.1) is 0 Å². The zero-order valence-corrected chi connectivity index (χ0v) is 6.79. The molecule has 0 aromatic carbocycles. The molecule has 0 radical (unpaired) electrons. The molecule has 0 atom stereocenters. The smallest absolute Gasteiger partial charge is 0.269 e. The Hall–Kier alpha value is -1.59. The van der Waals surface area contributed by atoms with E-state index in [0.717, 1.165) is 6.20 Å². The van der Waals surface area contributed by atoms with Gasteiger partial charge in [0.05, 0.1) is 24.6 Å². The lowest BCUT2D eigenvalue weighted by atomic mass is 10.2. The van der Waals surface area contributed by atoms with Crippen molar-refractivity contribution in [2.45, 2.75) is 6.43 Å². The number of anilines is 1. The minimum Gasteiger partial charge on any atom is -0.503 e. The molecule has 0 bridgehead atoms. The summed E-state index contributed by atoms with van der Waals surface area (Å²) in [4.78, 5) is 3.51. The summed E-state index contributed by atoms with van der Waals surface area (Å²) in [6.07, 6.45) is -1.84. The van der Waals surface area contributed by atoms with Crippen LogP contribution in [0, 0.1) is 0 Å². The highest BCUT2D eigenvalue weighted by Crippen LogP contribution is 2.37. The SMILES string of the molecule is COc1ncc(N)c(C(F)F)c1O. The van der Waals surface area contributed by atoms with Gasteiger partial charge in [-0.3, -0.25) is 0 Å². The summed E-state index contributed by atoms with van der Waals surface area (Å²) in [6.45, 7) is 0. The Morgan fingerprint density at radius 3 is 2.69 bits per heavy atom. The van der Waals surface area contributed by atoms with Crippen molar-refractivity contribution in [3.05, 3.63) is 11.8 Å². The van der Waals surface area contributed by atoms with Crippen LogP contribution < -0.4 is 10.5 Å². The van der Waals surface area contributed by atoms with Crippen LogP contribution in [0.25, 0.3) is 0 Å². The number of pyridine rings is 1. The van der Waals surface area contributed by atoms with Crippen molar-refractivity contribution in [2.24, 2.45) is 0 Å². The number of aromatic hydroxyl groups is 1. The number of nitrogens with two attached hydrogens (primary N) is 1. The van der Waals surface area contributed by atoms with E-state index in [1.807, 2.05) is 0 Å². The van der Waals surface area contributed by atoms with Gasteiger partial charge in [0.15, 0.2) is 5.75 Å². The lowest BCUT2D eigenvalue weighted by Gasteiger charge is -2.09. The molecule has 0 aliphatic carbocycles. The molecular weight excluding hydrogens is 182 g/mol. The van der Waals surface area contributed by atoms with Gasteiger partial charge in [-0.1, -0.05) is 0 Å². The van der Waals surface area contributed by atoms with Crippen LogP contribution in [-0.2, 0) is 0 Å². The molecule has 1 rings (SSSR count). The van der Waals surface area contributed by atoms with Gasteiger partial charge in [0.2, 0.25) is 0 Å². The minimum absolute atomic E-state index is 0.256. The van der Waals surface area contributed by atoms with Crippen LogP contribution in [0.2, 0.25) is 0 Å². The first-order chi connectivity index (χ1) is 6.07. The van der Waals surface area contributed by atoms with Crippen molar-refractivity contribution in [2.75, 3.05) is 12.8 Å². The molecule has 6 heteroatoms. The second-order valence-corrected chi connectivity index (χ2v) is 2.29. The predicted molar refractivity (Wildman–Crippen MR) is 41.8 cm³/mol. The predicted octanol–water partition coefficient (Wildman–Crippen LogP) is 1.32. The van der Waals surface area contributed by atoms with Crippen molar-refractivity contribution >= 4 is 5.69 Å². The maximum absolute atomic E-state index is 12.3. The zero-order valence-electron chi connectivity index (χ0n) is 6.79. The Morgan fingerprint density at radius 2 is 2.23 bits per heavy atom. The number of halogens is 2. The number of alkyl halides is 2. The average Bonchev–Trinajstić information content (AvgIpc) is 2.04. The van der Waals surface area contributed by atoms with Gasteiger partial charge >= 0.3 is 0 Å². The summed E-state index contributed by atoms with van der Waals surface area (Å²) in [5, 5.41) is 9.19. The first kappa shape index (κ1) is 9.50. The summed E-state index contributed by atoms with van der Waals surface area (Å²) in [7, 11) is 1.22. The largest absolute Gasteiger partial charge is 0.503 e. The number of hydrogen-bond acceptors (Lipinski definition) is 4. The van der Waals surface area contributed by atoms with E-state index in [-0.39, 0.29) is 11.6 Å². The molecular formula is C7H8F2N2O2. The second-order valence-electron chi connectivity index (χ2n) is 2.29.